The number of hydrogen-bond acceptors (Lipinski definition) is 2. The van der Waals surface area contributed by atoms with Crippen LogP contribution in [0.4, 0.5) is 0 Å². The van der Waals surface area contributed by atoms with Crippen molar-refractivity contribution in [3.05, 3.63) is 0 Å². The molecule has 0 aromatic rings. The van der Waals surface area contributed by atoms with Crippen molar-refractivity contribution in [3.8, 4) is 0 Å². The molecule has 2 aliphatic rings. The molecule has 10 heavy (non-hydrogen) atoms. The number of nitrogens with two attached hydrogens (primary N) is 1. The molecule has 0 saturated heterocycles. The molecular weight excluding hydrogens is 126 g/mol. The van der Waals surface area contributed by atoms with Gasteiger partial charge in [0.25, 0.3) is 0 Å². The van der Waals surface area contributed by atoms with E-state index in [2.05, 4.69) is 0 Å². The van der Waals surface area contributed by atoms with Crippen LogP contribution in [0.25, 0.3) is 0 Å². The van der Waals surface area contributed by atoms with Gasteiger partial charge in [-0.3, -0.25) is 4.79 Å². The third-order valence-corrected chi connectivity index (χ3v) is 3.02. The average Bonchev–Trinajstić information content (AvgIpc) is 1.78. The number of ketones is 1. The Labute approximate surface area is 60.8 Å². The fourth-order valence-corrected chi connectivity index (χ4v) is 2.15. The van der Waals surface area contributed by atoms with Crippen molar-refractivity contribution >= 4 is 5.78 Å². The van der Waals surface area contributed by atoms with Crippen molar-refractivity contribution < 1.29 is 4.79 Å². The number of carbonyl (C=O) groups excluding carboxylic acids is 1. The first-order valence-corrected chi connectivity index (χ1v) is 4.07. The average molecular weight is 139 g/mol. The van der Waals surface area contributed by atoms with E-state index < -0.39 is 0 Å². The van der Waals surface area contributed by atoms with Gasteiger partial charge in [0, 0.05) is 18.4 Å². The van der Waals surface area contributed by atoms with Crippen LogP contribution in [0.15, 0.2) is 0 Å². The van der Waals surface area contributed by atoms with Crippen molar-refractivity contribution in [1.82, 2.24) is 0 Å². The first-order valence-electron chi connectivity index (χ1n) is 4.07. The molecular formula is C8H13NO. The van der Waals surface area contributed by atoms with Gasteiger partial charge in [-0.05, 0) is 25.2 Å². The molecule has 0 amide bonds. The van der Waals surface area contributed by atoms with Gasteiger partial charge < -0.3 is 5.73 Å². The maximum atomic E-state index is 11.1. The van der Waals surface area contributed by atoms with Crippen molar-refractivity contribution in [1.29, 1.82) is 0 Å². The maximum absolute atomic E-state index is 11.1. The molecule has 0 radical (unpaired) electrons. The molecule has 2 N–H and O–H groups in total. The molecule has 0 heterocycles. The van der Waals surface area contributed by atoms with Crippen LogP contribution in [0.3, 0.4) is 0 Å². The zero-order valence-corrected chi connectivity index (χ0v) is 6.05. The fourth-order valence-electron chi connectivity index (χ4n) is 2.15. The minimum Gasteiger partial charge on any atom is -0.327 e. The summed E-state index contributed by atoms with van der Waals surface area (Å²) < 4.78 is 0. The van der Waals surface area contributed by atoms with Crippen LogP contribution in [0.1, 0.15) is 25.7 Å². The normalized spacial score (nSPS) is 46.1. The smallest absolute Gasteiger partial charge is 0.136 e. The molecule has 2 nitrogen and oxygen atoms in total. The van der Waals surface area contributed by atoms with Crippen molar-refractivity contribution in [2.45, 2.75) is 31.7 Å². The SMILES string of the molecule is NC1CCC(=O)C2CCC12. The third-order valence-electron chi connectivity index (χ3n) is 3.02. The highest BCUT2D eigenvalue weighted by atomic mass is 16.1. The standard InChI is InChI=1S/C8H13NO/c9-7-3-4-8(10)6-2-1-5(6)7/h5-7H,1-4,9H2. The minimum absolute atomic E-state index is 0.330. The van der Waals surface area contributed by atoms with Gasteiger partial charge in [0.1, 0.15) is 5.78 Å². The van der Waals surface area contributed by atoms with Crippen LogP contribution in [0.5, 0.6) is 0 Å². The summed E-state index contributed by atoms with van der Waals surface area (Å²) in [5, 5.41) is 0. The van der Waals surface area contributed by atoms with Crippen LogP contribution >= 0.6 is 0 Å². The van der Waals surface area contributed by atoms with Gasteiger partial charge in [-0.2, -0.15) is 0 Å². The molecule has 0 bridgehead atoms. The molecule has 0 aromatic heterocycles. The molecule has 2 rings (SSSR count). The largest absolute Gasteiger partial charge is 0.327 e. The number of Topliss-reactive ketones (excluding diaryl/α,β-unsaturated/α-hetero) is 1. The molecule has 3 atom stereocenters. The number of hydrogen-bond donors (Lipinski definition) is 1. The molecule has 3 unspecified atom stereocenters. The predicted octanol–water partition coefficient (Wildman–Crippen LogP) is 0.703. The van der Waals surface area contributed by atoms with Gasteiger partial charge in [-0.15, -0.1) is 0 Å². The van der Waals surface area contributed by atoms with Crippen molar-refractivity contribution in [2.75, 3.05) is 0 Å². The van der Waals surface area contributed by atoms with E-state index in [1.54, 1.807) is 0 Å². The summed E-state index contributed by atoms with van der Waals surface area (Å²) in [6, 6.07) is 0.330. The van der Waals surface area contributed by atoms with Crippen molar-refractivity contribution in [3.63, 3.8) is 0 Å². The maximum Gasteiger partial charge on any atom is 0.136 e. The molecule has 2 fully saturated rings. The summed E-state index contributed by atoms with van der Waals surface area (Å²) in [7, 11) is 0. The van der Waals surface area contributed by atoms with E-state index >= 15 is 0 Å². The van der Waals surface area contributed by atoms with E-state index in [-0.39, 0.29) is 0 Å². The Morgan fingerprint density at radius 1 is 1.30 bits per heavy atom. The molecule has 0 aromatic carbocycles. The van der Waals surface area contributed by atoms with Gasteiger partial charge in [0.15, 0.2) is 0 Å². The lowest BCUT2D eigenvalue weighted by Crippen LogP contribution is -2.48. The van der Waals surface area contributed by atoms with Gasteiger partial charge in [-0.1, -0.05) is 0 Å². The van der Waals surface area contributed by atoms with Crippen LogP contribution in [0.2, 0.25) is 0 Å². The van der Waals surface area contributed by atoms with Crippen LogP contribution in [0, 0.1) is 11.8 Å². The zero-order valence-electron chi connectivity index (χ0n) is 6.05. The van der Waals surface area contributed by atoms with Gasteiger partial charge in [-0.25, -0.2) is 0 Å². The third kappa shape index (κ3) is 0.717. The Balaban J connectivity index is 2.09. The lowest BCUT2D eigenvalue weighted by molar-refractivity contribution is -0.131. The highest BCUT2D eigenvalue weighted by Crippen LogP contribution is 2.41. The Kier molecular flexibility index (Phi) is 1.31. The van der Waals surface area contributed by atoms with E-state index in [1.165, 1.54) is 6.42 Å². The van der Waals surface area contributed by atoms with Crippen LogP contribution < -0.4 is 5.73 Å². The van der Waals surface area contributed by atoms with E-state index in [0.29, 0.717) is 23.7 Å². The minimum atomic E-state index is 0.330. The summed E-state index contributed by atoms with van der Waals surface area (Å²) in [4.78, 5) is 11.1. The highest BCUT2D eigenvalue weighted by Gasteiger charge is 2.42. The lowest BCUT2D eigenvalue weighted by atomic mass is 9.63. The summed E-state index contributed by atoms with van der Waals surface area (Å²) in [6.07, 6.45) is 3.97. The van der Waals surface area contributed by atoms with Crippen LogP contribution in [-0.4, -0.2) is 11.8 Å². The Morgan fingerprint density at radius 3 is 2.60 bits per heavy atom. The summed E-state index contributed by atoms with van der Waals surface area (Å²) in [6.45, 7) is 0. The number of rotatable bonds is 0. The summed E-state index contributed by atoms with van der Waals surface area (Å²) >= 11 is 0. The van der Waals surface area contributed by atoms with Gasteiger partial charge >= 0.3 is 0 Å². The monoisotopic (exact) mass is 139 g/mol. The van der Waals surface area contributed by atoms with Gasteiger partial charge in [0.05, 0.1) is 0 Å². The van der Waals surface area contributed by atoms with E-state index in [0.717, 1.165) is 19.3 Å². The second-order valence-corrected chi connectivity index (χ2v) is 3.52. The molecule has 0 spiro atoms. The molecule has 56 valence electrons. The Hall–Kier alpha value is -0.370. The second-order valence-electron chi connectivity index (χ2n) is 3.52. The highest BCUT2D eigenvalue weighted by molar-refractivity contribution is 5.83. The topological polar surface area (TPSA) is 43.1 Å². The van der Waals surface area contributed by atoms with E-state index in [1.807, 2.05) is 0 Å². The van der Waals surface area contributed by atoms with Crippen molar-refractivity contribution in [2.24, 2.45) is 17.6 Å². The first-order chi connectivity index (χ1) is 4.79. The first kappa shape index (κ1) is 6.35. The fraction of sp³-hybridized carbons (Fsp3) is 0.875. The lowest BCUT2D eigenvalue weighted by Gasteiger charge is -2.43. The predicted molar refractivity (Wildman–Crippen MR) is 38.4 cm³/mol. The van der Waals surface area contributed by atoms with E-state index in [9.17, 15) is 4.79 Å². The summed E-state index contributed by atoms with van der Waals surface area (Å²) in [5.74, 6) is 1.39. The van der Waals surface area contributed by atoms with Crippen LogP contribution in [-0.2, 0) is 4.79 Å². The Morgan fingerprint density at radius 2 is 2.10 bits per heavy atom. The van der Waals surface area contributed by atoms with E-state index in [4.69, 9.17) is 5.73 Å². The second kappa shape index (κ2) is 2.06. The summed E-state index contributed by atoms with van der Waals surface area (Å²) in [5.41, 5.74) is 5.83. The zero-order chi connectivity index (χ0) is 7.14. The molecule has 2 heteroatoms. The molecule has 0 aliphatic heterocycles. The molecule has 2 aliphatic carbocycles. The molecule has 2 saturated carbocycles. The Bertz CT molecular complexity index is 167. The number of fused-ring (bicyclic) bond motifs is 1. The quantitative estimate of drug-likeness (QED) is 0.537. The van der Waals surface area contributed by atoms with Gasteiger partial charge in [0.2, 0.25) is 0 Å². The number of carbonyl (C=O) groups is 1.